The lowest BCUT2D eigenvalue weighted by molar-refractivity contribution is 0.122. The predicted octanol–water partition coefficient (Wildman–Crippen LogP) is 3.00. The van der Waals surface area contributed by atoms with Crippen molar-refractivity contribution < 1.29 is 4.74 Å². The van der Waals surface area contributed by atoms with E-state index in [-0.39, 0.29) is 0 Å². The smallest absolute Gasteiger partial charge is 0.171 e. The highest BCUT2D eigenvalue weighted by Crippen LogP contribution is 2.44. The van der Waals surface area contributed by atoms with Crippen LogP contribution in [-0.2, 0) is 4.74 Å². The van der Waals surface area contributed by atoms with Crippen molar-refractivity contribution in [2.45, 2.75) is 31.7 Å². The maximum Gasteiger partial charge on any atom is 0.171 e. The molecule has 0 radical (unpaired) electrons. The minimum absolute atomic E-state index is 0.585. The van der Waals surface area contributed by atoms with Gasteiger partial charge in [-0.25, -0.2) is 0 Å². The van der Waals surface area contributed by atoms with Crippen LogP contribution < -0.4 is 15.5 Å². The minimum atomic E-state index is 0.585. The van der Waals surface area contributed by atoms with Crippen LogP contribution in [0.5, 0.6) is 0 Å². The zero-order valence-electron chi connectivity index (χ0n) is 13.5. The van der Waals surface area contributed by atoms with Crippen molar-refractivity contribution in [3.8, 4) is 0 Å². The van der Waals surface area contributed by atoms with E-state index in [1.165, 1.54) is 31.4 Å². The summed E-state index contributed by atoms with van der Waals surface area (Å²) in [7, 11) is 0. The SMILES string of the molecule is S=C(Nc1ccc(N2CCOCC2)cc1)N[C@H]1C[C@H]2CC[C@@H]1C2. The Balaban J connectivity index is 1.30. The summed E-state index contributed by atoms with van der Waals surface area (Å²) in [5, 5.41) is 7.63. The third kappa shape index (κ3) is 3.45. The van der Waals surface area contributed by atoms with Crippen LogP contribution in [0.2, 0.25) is 0 Å². The van der Waals surface area contributed by atoms with Gasteiger partial charge in [-0.15, -0.1) is 0 Å². The molecule has 1 saturated heterocycles. The molecule has 0 spiro atoms. The third-order valence-corrected chi connectivity index (χ3v) is 5.78. The zero-order chi connectivity index (χ0) is 15.6. The molecular weight excluding hydrogens is 306 g/mol. The van der Waals surface area contributed by atoms with Crippen LogP contribution >= 0.6 is 12.2 Å². The summed E-state index contributed by atoms with van der Waals surface area (Å²) in [6.07, 6.45) is 5.49. The van der Waals surface area contributed by atoms with Crippen molar-refractivity contribution in [3.05, 3.63) is 24.3 Å². The molecule has 1 heterocycles. The largest absolute Gasteiger partial charge is 0.378 e. The summed E-state index contributed by atoms with van der Waals surface area (Å²) < 4.78 is 5.40. The van der Waals surface area contributed by atoms with Gasteiger partial charge in [0.1, 0.15) is 0 Å². The highest BCUT2D eigenvalue weighted by atomic mass is 32.1. The summed E-state index contributed by atoms with van der Waals surface area (Å²) in [6.45, 7) is 3.57. The number of hydrogen-bond acceptors (Lipinski definition) is 3. The first-order valence-electron chi connectivity index (χ1n) is 8.78. The number of anilines is 2. The lowest BCUT2D eigenvalue weighted by Gasteiger charge is -2.29. The molecule has 2 aliphatic carbocycles. The Hall–Kier alpha value is -1.33. The van der Waals surface area contributed by atoms with E-state index in [1.807, 2.05) is 0 Å². The number of ether oxygens (including phenoxy) is 1. The first kappa shape index (κ1) is 15.2. The van der Waals surface area contributed by atoms with Gasteiger partial charge in [0.25, 0.3) is 0 Å². The molecule has 0 aromatic heterocycles. The molecule has 5 heteroatoms. The first-order valence-corrected chi connectivity index (χ1v) is 9.19. The molecule has 4 rings (SSSR count). The van der Waals surface area contributed by atoms with Gasteiger partial charge in [0.2, 0.25) is 0 Å². The fourth-order valence-corrected chi connectivity index (χ4v) is 4.60. The number of morpholine rings is 1. The van der Waals surface area contributed by atoms with Gasteiger partial charge in [-0.1, -0.05) is 6.42 Å². The van der Waals surface area contributed by atoms with Gasteiger partial charge in [0, 0.05) is 30.5 Å². The summed E-state index contributed by atoms with van der Waals surface area (Å²) in [5.74, 6) is 1.77. The number of fused-ring (bicyclic) bond motifs is 2. The van der Waals surface area contributed by atoms with Crippen molar-refractivity contribution in [3.63, 3.8) is 0 Å². The van der Waals surface area contributed by atoms with E-state index in [1.54, 1.807) is 0 Å². The second kappa shape index (κ2) is 6.65. The summed E-state index contributed by atoms with van der Waals surface area (Å²) in [5.41, 5.74) is 2.31. The molecule has 1 aromatic carbocycles. The fourth-order valence-electron chi connectivity index (χ4n) is 4.33. The topological polar surface area (TPSA) is 36.5 Å². The van der Waals surface area contributed by atoms with Gasteiger partial charge < -0.3 is 20.3 Å². The van der Waals surface area contributed by atoms with Gasteiger partial charge in [-0.05, 0) is 67.6 Å². The molecule has 2 N–H and O–H groups in total. The molecule has 3 atom stereocenters. The van der Waals surface area contributed by atoms with Crippen LogP contribution in [-0.4, -0.2) is 37.5 Å². The second-order valence-corrected chi connectivity index (χ2v) is 7.43. The Kier molecular flexibility index (Phi) is 4.40. The first-order chi connectivity index (χ1) is 11.3. The van der Waals surface area contributed by atoms with E-state index in [0.717, 1.165) is 48.9 Å². The van der Waals surface area contributed by atoms with E-state index >= 15 is 0 Å². The number of benzene rings is 1. The maximum absolute atomic E-state index is 5.50. The third-order valence-electron chi connectivity index (χ3n) is 5.56. The Morgan fingerprint density at radius 3 is 2.52 bits per heavy atom. The van der Waals surface area contributed by atoms with Crippen LogP contribution in [0.4, 0.5) is 11.4 Å². The van der Waals surface area contributed by atoms with E-state index in [2.05, 4.69) is 39.8 Å². The molecule has 4 nitrogen and oxygen atoms in total. The van der Waals surface area contributed by atoms with E-state index in [0.29, 0.717) is 6.04 Å². The number of nitrogens with zero attached hydrogens (tertiary/aromatic N) is 1. The highest BCUT2D eigenvalue weighted by molar-refractivity contribution is 7.80. The molecule has 2 saturated carbocycles. The normalized spacial score (nSPS) is 29.6. The van der Waals surface area contributed by atoms with Crippen molar-refractivity contribution in [2.24, 2.45) is 11.8 Å². The van der Waals surface area contributed by atoms with Crippen LogP contribution in [0.3, 0.4) is 0 Å². The number of rotatable bonds is 3. The summed E-state index contributed by atoms with van der Waals surface area (Å²) in [6, 6.07) is 9.13. The van der Waals surface area contributed by atoms with Crippen LogP contribution in [0, 0.1) is 11.8 Å². The zero-order valence-corrected chi connectivity index (χ0v) is 14.3. The van der Waals surface area contributed by atoms with E-state index in [9.17, 15) is 0 Å². The van der Waals surface area contributed by atoms with Crippen LogP contribution in [0.25, 0.3) is 0 Å². The Morgan fingerprint density at radius 2 is 1.87 bits per heavy atom. The summed E-state index contributed by atoms with van der Waals surface area (Å²) in [4.78, 5) is 2.36. The number of thiocarbonyl (C=S) groups is 1. The van der Waals surface area contributed by atoms with Crippen LogP contribution in [0.15, 0.2) is 24.3 Å². The highest BCUT2D eigenvalue weighted by Gasteiger charge is 2.39. The Labute approximate surface area is 143 Å². The predicted molar refractivity (Wildman–Crippen MR) is 98.1 cm³/mol. The van der Waals surface area contributed by atoms with Crippen molar-refractivity contribution >= 4 is 28.7 Å². The monoisotopic (exact) mass is 331 g/mol. The molecule has 0 unspecified atom stereocenters. The van der Waals surface area contributed by atoms with Crippen molar-refractivity contribution in [2.75, 3.05) is 36.5 Å². The Bertz CT molecular complexity index is 556. The van der Waals surface area contributed by atoms with E-state index in [4.69, 9.17) is 17.0 Å². The standard InChI is InChI=1S/C18H25N3OS/c23-18(20-17-12-13-1-2-14(17)11-13)19-15-3-5-16(6-4-15)21-7-9-22-10-8-21/h3-6,13-14,17H,1-2,7-12H2,(H2,19,20,23)/t13-,14+,17-/m0/s1. The van der Waals surface area contributed by atoms with Crippen molar-refractivity contribution in [1.82, 2.24) is 5.32 Å². The molecule has 1 aromatic rings. The lowest BCUT2D eigenvalue weighted by atomic mass is 9.96. The average Bonchev–Trinajstić information content (AvgIpc) is 3.19. The van der Waals surface area contributed by atoms with Gasteiger partial charge in [0.15, 0.2) is 5.11 Å². The second-order valence-electron chi connectivity index (χ2n) is 7.03. The molecule has 3 aliphatic rings. The summed E-state index contributed by atoms with van der Waals surface area (Å²) >= 11 is 5.50. The molecule has 1 aliphatic heterocycles. The maximum atomic E-state index is 5.50. The van der Waals surface area contributed by atoms with Gasteiger partial charge in [0.05, 0.1) is 13.2 Å². The molecule has 124 valence electrons. The Morgan fingerprint density at radius 1 is 1.09 bits per heavy atom. The van der Waals surface area contributed by atoms with Gasteiger partial charge >= 0.3 is 0 Å². The number of hydrogen-bond donors (Lipinski definition) is 2. The van der Waals surface area contributed by atoms with Gasteiger partial charge in [-0.2, -0.15) is 0 Å². The van der Waals surface area contributed by atoms with Gasteiger partial charge in [-0.3, -0.25) is 0 Å². The van der Waals surface area contributed by atoms with E-state index < -0.39 is 0 Å². The number of nitrogens with one attached hydrogen (secondary N) is 2. The molecule has 23 heavy (non-hydrogen) atoms. The lowest BCUT2D eigenvalue weighted by Crippen LogP contribution is -2.40. The minimum Gasteiger partial charge on any atom is -0.378 e. The molecule has 0 amide bonds. The molecular formula is C18H25N3OS. The van der Waals surface area contributed by atoms with Crippen LogP contribution in [0.1, 0.15) is 25.7 Å². The molecule has 2 bridgehead atoms. The average molecular weight is 331 g/mol. The molecule has 3 fully saturated rings. The quantitative estimate of drug-likeness (QED) is 0.833. The van der Waals surface area contributed by atoms with Crippen molar-refractivity contribution in [1.29, 1.82) is 0 Å². The fraction of sp³-hybridized carbons (Fsp3) is 0.611.